The fourth-order valence-corrected chi connectivity index (χ4v) is 2.53. The minimum Gasteiger partial charge on any atom is -0.478 e. The van der Waals surface area contributed by atoms with Crippen molar-refractivity contribution < 1.29 is 14.7 Å². The molecule has 1 aromatic rings. The summed E-state index contributed by atoms with van der Waals surface area (Å²) in [4.78, 5) is 23.2. The summed E-state index contributed by atoms with van der Waals surface area (Å²) in [5, 5.41) is 11.8. The maximum Gasteiger partial charge on any atom is 0.328 e. The lowest BCUT2D eigenvalue weighted by Crippen LogP contribution is -2.13. The smallest absolute Gasteiger partial charge is 0.328 e. The van der Waals surface area contributed by atoms with Gasteiger partial charge in [-0.3, -0.25) is 4.79 Å². The zero-order valence-electron chi connectivity index (χ0n) is 18.9. The molecule has 0 aromatic heterocycles. The third kappa shape index (κ3) is 11.6. The fourth-order valence-electron chi connectivity index (χ4n) is 2.53. The van der Waals surface area contributed by atoms with Crippen molar-refractivity contribution in [1.82, 2.24) is 0 Å². The van der Waals surface area contributed by atoms with Gasteiger partial charge in [-0.05, 0) is 62.5 Å². The second kappa shape index (κ2) is 15.7. The summed E-state index contributed by atoms with van der Waals surface area (Å²) in [6.07, 6.45) is 13.9. The second-order valence-electron chi connectivity index (χ2n) is 6.60. The van der Waals surface area contributed by atoms with Gasteiger partial charge in [0.05, 0.1) is 0 Å². The van der Waals surface area contributed by atoms with E-state index in [1.165, 1.54) is 11.6 Å². The van der Waals surface area contributed by atoms with Crippen LogP contribution in [0.1, 0.15) is 58.6 Å². The molecule has 2 N–H and O–H groups in total. The highest BCUT2D eigenvalue weighted by Gasteiger charge is 2.08. The molecule has 0 saturated carbocycles. The molecule has 1 aromatic carbocycles. The lowest BCUT2D eigenvalue weighted by atomic mass is 10.0. The first kappa shape index (κ1) is 26.9. The molecule has 1 rings (SSSR count). The predicted octanol–water partition coefficient (Wildman–Crippen LogP) is 6.73. The topological polar surface area (TPSA) is 66.4 Å². The van der Waals surface area contributed by atoms with Gasteiger partial charge in [-0.25, -0.2) is 4.79 Å². The monoisotopic (exact) mass is 409 g/mol. The van der Waals surface area contributed by atoms with Crippen LogP contribution in [-0.2, 0) is 16.0 Å². The van der Waals surface area contributed by atoms with Gasteiger partial charge in [0.25, 0.3) is 0 Å². The van der Waals surface area contributed by atoms with Crippen molar-refractivity contribution in [2.45, 2.75) is 53.9 Å². The molecule has 0 aliphatic rings. The van der Waals surface area contributed by atoms with E-state index in [-0.39, 0.29) is 5.91 Å². The number of amides is 1. The molecule has 0 spiro atoms. The molecule has 0 saturated heterocycles. The Balaban J connectivity index is 0.00000407. The van der Waals surface area contributed by atoms with Crippen molar-refractivity contribution in [3.05, 3.63) is 83.5 Å². The molecular formula is C26H35NO3. The van der Waals surface area contributed by atoms with E-state index in [1.807, 2.05) is 65.0 Å². The van der Waals surface area contributed by atoms with Crippen molar-refractivity contribution in [2.75, 3.05) is 5.32 Å². The highest BCUT2D eigenvalue weighted by atomic mass is 16.4. The SMILES string of the molecule is C=C/C=C(\C=C/C)CCC(=O)Nc1cc(/C=C/C(=O)O)ccc1CC=C(C)C.CC. The molecule has 0 bridgehead atoms. The molecule has 0 aliphatic carbocycles. The molecule has 162 valence electrons. The molecule has 0 aliphatic heterocycles. The van der Waals surface area contributed by atoms with Gasteiger partial charge in [0.15, 0.2) is 0 Å². The number of carboxylic acid groups (broad SMARTS) is 1. The van der Waals surface area contributed by atoms with Gasteiger partial charge >= 0.3 is 5.97 Å². The average Bonchev–Trinajstić information content (AvgIpc) is 2.71. The van der Waals surface area contributed by atoms with Gasteiger partial charge in [0, 0.05) is 18.2 Å². The Morgan fingerprint density at radius 3 is 2.40 bits per heavy atom. The first-order chi connectivity index (χ1) is 14.3. The van der Waals surface area contributed by atoms with E-state index in [2.05, 4.69) is 18.0 Å². The van der Waals surface area contributed by atoms with Gasteiger partial charge in [0.2, 0.25) is 5.91 Å². The Hall–Kier alpha value is -3.14. The van der Waals surface area contributed by atoms with Crippen LogP contribution in [0.5, 0.6) is 0 Å². The third-order valence-corrected chi connectivity index (χ3v) is 3.91. The maximum atomic E-state index is 12.5. The van der Waals surface area contributed by atoms with Gasteiger partial charge < -0.3 is 10.4 Å². The fraction of sp³-hybridized carbons (Fsp3) is 0.308. The summed E-state index contributed by atoms with van der Waals surface area (Å²) < 4.78 is 0. The lowest BCUT2D eigenvalue weighted by Gasteiger charge is -2.12. The largest absolute Gasteiger partial charge is 0.478 e. The molecule has 0 radical (unpaired) electrons. The number of nitrogens with one attached hydrogen (secondary N) is 1. The number of anilines is 1. The Kier molecular flexibility index (Phi) is 14.1. The number of allylic oxidation sites excluding steroid dienone is 7. The van der Waals surface area contributed by atoms with Crippen LogP contribution in [0.3, 0.4) is 0 Å². The molecule has 4 heteroatoms. The summed E-state index contributed by atoms with van der Waals surface area (Å²) in [7, 11) is 0. The minimum absolute atomic E-state index is 0.0859. The summed E-state index contributed by atoms with van der Waals surface area (Å²) in [6.45, 7) is 13.7. The Labute approximate surface area is 181 Å². The van der Waals surface area contributed by atoms with Crippen LogP contribution in [0.25, 0.3) is 6.08 Å². The van der Waals surface area contributed by atoms with E-state index < -0.39 is 5.97 Å². The Bertz CT molecular complexity index is 823. The number of carboxylic acids is 1. The van der Waals surface area contributed by atoms with E-state index in [4.69, 9.17) is 5.11 Å². The number of carbonyl (C=O) groups is 2. The number of carbonyl (C=O) groups excluding carboxylic acids is 1. The number of hydrogen-bond donors (Lipinski definition) is 2. The van der Waals surface area contributed by atoms with E-state index in [0.29, 0.717) is 24.9 Å². The average molecular weight is 410 g/mol. The summed E-state index contributed by atoms with van der Waals surface area (Å²) >= 11 is 0. The molecule has 0 unspecified atom stereocenters. The molecule has 4 nitrogen and oxygen atoms in total. The highest BCUT2D eigenvalue weighted by molar-refractivity contribution is 5.92. The van der Waals surface area contributed by atoms with Crippen molar-refractivity contribution in [1.29, 1.82) is 0 Å². The maximum absolute atomic E-state index is 12.5. The van der Waals surface area contributed by atoms with Crippen molar-refractivity contribution >= 4 is 23.6 Å². The van der Waals surface area contributed by atoms with Crippen LogP contribution < -0.4 is 5.32 Å². The van der Waals surface area contributed by atoms with E-state index >= 15 is 0 Å². The number of aliphatic carboxylic acids is 1. The molecular weight excluding hydrogens is 374 g/mol. The van der Waals surface area contributed by atoms with Crippen LogP contribution in [0.2, 0.25) is 0 Å². The molecule has 0 atom stereocenters. The van der Waals surface area contributed by atoms with Crippen LogP contribution in [-0.4, -0.2) is 17.0 Å². The number of benzene rings is 1. The third-order valence-electron chi connectivity index (χ3n) is 3.91. The first-order valence-corrected chi connectivity index (χ1v) is 10.3. The van der Waals surface area contributed by atoms with Crippen molar-refractivity contribution in [2.24, 2.45) is 0 Å². The normalized spacial score (nSPS) is 11.0. The van der Waals surface area contributed by atoms with Crippen LogP contribution >= 0.6 is 0 Å². The summed E-state index contributed by atoms with van der Waals surface area (Å²) in [5.41, 5.74) is 4.64. The summed E-state index contributed by atoms with van der Waals surface area (Å²) in [6, 6.07) is 5.57. The van der Waals surface area contributed by atoms with Gasteiger partial charge in [-0.15, -0.1) is 0 Å². The first-order valence-electron chi connectivity index (χ1n) is 10.3. The Morgan fingerprint density at radius 2 is 1.83 bits per heavy atom. The van der Waals surface area contributed by atoms with E-state index in [9.17, 15) is 9.59 Å². The van der Waals surface area contributed by atoms with Crippen LogP contribution in [0.15, 0.2) is 72.4 Å². The van der Waals surface area contributed by atoms with Gasteiger partial charge in [-0.2, -0.15) is 0 Å². The quantitative estimate of drug-likeness (QED) is 0.256. The van der Waals surface area contributed by atoms with Crippen molar-refractivity contribution in [3.8, 4) is 0 Å². The van der Waals surface area contributed by atoms with E-state index in [1.54, 1.807) is 12.1 Å². The number of rotatable bonds is 10. The molecule has 0 fully saturated rings. The van der Waals surface area contributed by atoms with Gasteiger partial charge in [-0.1, -0.05) is 68.5 Å². The molecule has 0 heterocycles. The van der Waals surface area contributed by atoms with Gasteiger partial charge in [0.1, 0.15) is 0 Å². The zero-order chi connectivity index (χ0) is 22.9. The van der Waals surface area contributed by atoms with E-state index in [0.717, 1.165) is 22.8 Å². The standard InChI is InChI=1S/C24H29NO3.C2H6/c1-5-7-19(8-6-2)11-15-23(26)25-22-17-20(12-16-24(27)28)10-14-21(22)13-9-18(3)4;1-2/h5-10,12,14,16-17H,1,11,13,15H2,2-4H3,(H,25,26)(H,27,28);1-2H3/b8-6-,16-12+,19-7+;. The number of hydrogen-bond acceptors (Lipinski definition) is 2. The minimum atomic E-state index is -1.01. The molecule has 1 amide bonds. The molecule has 30 heavy (non-hydrogen) atoms. The van der Waals surface area contributed by atoms with Crippen molar-refractivity contribution in [3.63, 3.8) is 0 Å². The summed E-state index contributed by atoms with van der Waals surface area (Å²) in [5.74, 6) is -1.10. The predicted molar refractivity (Wildman–Crippen MR) is 129 cm³/mol. The van der Waals surface area contributed by atoms with Crippen LogP contribution in [0, 0.1) is 0 Å². The highest BCUT2D eigenvalue weighted by Crippen LogP contribution is 2.21. The Morgan fingerprint density at radius 1 is 1.13 bits per heavy atom. The lowest BCUT2D eigenvalue weighted by molar-refractivity contribution is -0.131. The second-order valence-corrected chi connectivity index (χ2v) is 6.60. The zero-order valence-corrected chi connectivity index (χ0v) is 18.9. The van der Waals surface area contributed by atoms with Crippen LogP contribution in [0.4, 0.5) is 5.69 Å².